The predicted octanol–water partition coefficient (Wildman–Crippen LogP) is 4.68. The van der Waals surface area contributed by atoms with Gasteiger partial charge in [-0.25, -0.2) is 4.39 Å². The van der Waals surface area contributed by atoms with Crippen LogP contribution in [0.3, 0.4) is 0 Å². The van der Waals surface area contributed by atoms with E-state index in [4.69, 9.17) is 0 Å². The first-order valence-corrected chi connectivity index (χ1v) is 7.62. The van der Waals surface area contributed by atoms with Crippen molar-refractivity contribution in [1.29, 1.82) is 0 Å². The van der Waals surface area contributed by atoms with Crippen molar-refractivity contribution in [3.8, 4) is 0 Å². The predicted molar refractivity (Wildman–Crippen MR) is 82.7 cm³/mol. The van der Waals surface area contributed by atoms with Gasteiger partial charge >= 0.3 is 0 Å². The van der Waals surface area contributed by atoms with Crippen LogP contribution in [0.15, 0.2) is 48.5 Å². The van der Waals surface area contributed by atoms with Crippen LogP contribution < -0.4 is 0 Å². The number of benzene rings is 2. The third kappa shape index (κ3) is 3.01. The normalized spacial score (nSPS) is 25.8. The summed E-state index contributed by atoms with van der Waals surface area (Å²) in [5.74, 6) is 0.240. The summed E-state index contributed by atoms with van der Waals surface area (Å²) < 4.78 is 13.6. The summed E-state index contributed by atoms with van der Waals surface area (Å²) in [6.45, 7) is 1.87. The SMILES string of the molecule is Cc1cc(F)cc(C2(O)CCC(c3ccccc3)CC2)c1. The Morgan fingerprint density at radius 1 is 1.05 bits per heavy atom. The quantitative estimate of drug-likeness (QED) is 0.849. The molecule has 110 valence electrons. The van der Waals surface area contributed by atoms with Crippen molar-refractivity contribution < 1.29 is 9.50 Å². The Bertz CT molecular complexity index is 592. The van der Waals surface area contributed by atoms with Crippen molar-refractivity contribution in [2.45, 2.75) is 44.1 Å². The fraction of sp³-hybridized carbons (Fsp3) is 0.368. The Labute approximate surface area is 125 Å². The third-order valence-corrected chi connectivity index (χ3v) is 4.66. The second-order valence-electron chi connectivity index (χ2n) is 6.23. The summed E-state index contributed by atoms with van der Waals surface area (Å²) >= 11 is 0. The number of halogens is 1. The first-order valence-electron chi connectivity index (χ1n) is 7.62. The van der Waals surface area contributed by atoms with Gasteiger partial charge < -0.3 is 5.11 Å². The molecule has 1 nitrogen and oxygen atoms in total. The maximum atomic E-state index is 13.6. The van der Waals surface area contributed by atoms with E-state index in [1.54, 1.807) is 0 Å². The zero-order valence-electron chi connectivity index (χ0n) is 12.3. The minimum atomic E-state index is -0.877. The Hall–Kier alpha value is -1.67. The van der Waals surface area contributed by atoms with E-state index in [2.05, 4.69) is 24.3 Å². The van der Waals surface area contributed by atoms with E-state index in [0.29, 0.717) is 18.8 Å². The minimum absolute atomic E-state index is 0.261. The molecule has 1 saturated carbocycles. The number of aryl methyl sites for hydroxylation is 1. The number of aliphatic hydroxyl groups is 1. The largest absolute Gasteiger partial charge is 0.385 e. The molecule has 0 aromatic heterocycles. The molecule has 0 saturated heterocycles. The lowest BCUT2D eigenvalue weighted by atomic mass is 9.73. The topological polar surface area (TPSA) is 20.2 Å². The van der Waals surface area contributed by atoms with Crippen LogP contribution in [0.25, 0.3) is 0 Å². The number of hydrogen-bond acceptors (Lipinski definition) is 1. The Kier molecular flexibility index (Phi) is 3.81. The molecule has 1 N–H and O–H groups in total. The van der Waals surface area contributed by atoms with Gasteiger partial charge in [-0.1, -0.05) is 36.4 Å². The molecule has 0 atom stereocenters. The zero-order chi connectivity index (χ0) is 14.9. The van der Waals surface area contributed by atoms with Gasteiger partial charge in [0, 0.05) is 0 Å². The van der Waals surface area contributed by atoms with Gasteiger partial charge in [0.05, 0.1) is 5.60 Å². The van der Waals surface area contributed by atoms with Gasteiger partial charge in [-0.05, 0) is 67.3 Å². The van der Waals surface area contributed by atoms with E-state index in [-0.39, 0.29) is 5.82 Å². The minimum Gasteiger partial charge on any atom is -0.385 e. The summed E-state index contributed by atoms with van der Waals surface area (Å²) in [7, 11) is 0. The summed E-state index contributed by atoms with van der Waals surface area (Å²) in [4.78, 5) is 0. The Balaban J connectivity index is 1.77. The van der Waals surface area contributed by atoms with Crippen molar-refractivity contribution in [2.75, 3.05) is 0 Å². The molecule has 2 aromatic carbocycles. The average Bonchev–Trinajstić information content (AvgIpc) is 2.48. The molecular formula is C19H21FO. The molecule has 0 heterocycles. The fourth-order valence-corrected chi connectivity index (χ4v) is 3.45. The highest BCUT2D eigenvalue weighted by Gasteiger charge is 2.35. The zero-order valence-corrected chi connectivity index (χ0v) is 12.3. The van der Waals surface area contributed by atoms with Crippen LogP contribution in [0.5, 0.6) is 0 Å². The van der Waals surface area contributed by atoms with E-state index in [0.717, 1.165) is 24.0 Å². The molecule has 2 aromatic rings. The Morgan fingerprint density at radius 2 is 1.71 bits per heavy atom. The number of rotatable bonds is 2. The summed E-state index contributed by atoms with van der Waals surface area (Å²) in [6, 6.07) is 15.4. The van der Waals surface area contributed by atoms with Crippen LogP contribution in [0.2, 0.25) is 0 Å². The van der Waals surface area contributed by atoms with E-state index in [1.807, 2.05) is 19.1 Å². The number of hydrogen-bond donors (Lipinski definition) is 1. The van der Waals surface area contributed by atoms with E-state index >= 15 is 0 Å². The van der Waals surface area contributed by atoms with E-state index in [1.165, 1.54) is 17.7 Å². The maximum absolute atomic E-state index is 13.6. The second kappa shape index (κ2) is 5.61. The molecule has 1 fully saturated rings. The van der Waals surface area contributed by atoms with Crippen LogP contribution >= 0.6 is 0 Å². The Morgan fingerprint density at radius 3 is 2.33 bits per heavy atom. The lowest BCUT2D eigenvalue weighted by Crippen LogP contribution is -2.31. The van der Waals surface area contributed by atoms with Gasteiger partial charge in [-0.15, -0.1) is 0 Å². The summed E-state index contributed by atoms with van der Waals surface area (Å²) in [5.41, 5.74) is 2.06. The molecule has 1 aliphatic carbocycles. The van der Waals surface area contributed by atoms with E-state index in [9.17, 15) is 9.50 Å². The monoisotopic (exact) mass is 284 g/mol. The van der Waals surface area contributed by atoms with Gasteiger partial charge in [0.25, 0.3) is 0 Å². The molecule has 0 bridgehead atoms. The standard InChI is InChI=1S/C19H21FO/c1-14-11-17(13-18(20)12-14)19(21)9-7-16(8-10-19)15-5-3-2-4-6-15/h2-6,11-13,16,21H,7-10H2,1H3. The van der Waals surface area contributed by atoms with Crippen LogP contribution in [0.1, 0.15) is 48.3 Å². The van der Waals surface area contributed by atoms with Gasteiger partial charge in [0.2, 0.25) is 0 Å². The molecule has 2 heteroatoms. The fourth-order valence-electron chi connectivity index (χ4n) is 3.45. The highest BCUT2D eigenvalue weighted by Crippen LogP contribution is 2.43. The smallest absolute Gasteiger partial charge is 0.123 e. The molecule has 0 amide bonds. The van der Waals surface area contributed by atoms with Crippen LogP contribution in [-0.2, 0) is 5.60 Å². The lowest BCUT2D eigenvalue weighted by Gasteiger charge is -2.37. The highest BCUT2D eigenvalue weighted by atomic mass is 19.1. The van der Waals surface area contributed by atoms with Crippen molar-refractivity contribution in [3.63, 3.8) is 0 Å². The van der Waals surface area contributed by atoms with Crippen molar-refractivity contribution >= 4 is 0 Å². The van der Waals surface area contributed by atoms with Gasteiger partial charge in [-0.3, -0.25) is 0 Å². The summed E-state index contributed by atoms with van der Waals surface area (Å²) in [6.07, 6.45) is 3.26. The van der Waals surface area contributed by atoms with Crippen LogP contribution in [0.4, 0.5) is 4.39 Å². The van der Waals surface area contributed by atoms with Crippen molar-refractivity contribution in [1.82, 2.24) is 0 Å². The molecule has 0 radical (unpaired) electrons. The second-order valence-corrected chi connectivity index (χ2v) is 6.23. The van der Waals surface area contributed by atoms with Gasteiger partial charge in [0.15, 0.2) is 0 Å². The van der Waals surface area contributed by atoms with Crippen LogP contribution in [0, 0.1) is 12.7 Å². The highest BCUT2D eigenvalue weighted by molar-refractivity contribution is 5.30. The van der Waals surface area contributed by atoms with Crippen LogP contribution in [-0.4, -0.2) is 5.11 Å². The molecular weight excluding hydrogens is 263 g/mol. The van der Waals surface area contributed by atoms with Gasteiger partial charge in [-0.2, -0.15) is 0 Å². The molecule has 0 spiro atoms. The first kappa shape index (κ1) is 14.3. The third-order valence-electron chi connectivity index (χ3n) is 4.66. The summed E-state index contributed by atoms with van der Waals surface area (Å²) in [5, 5.41) is 10.9. The maximum Gasteiger partial charge on any atom is 0.123 e. The van der Waals surface area contributed by atoms with E-state index < -0.39 is 5.60 Å². The van der Waals surface area contributed by atoms with Crippen molar-refractivity contribution in [2.24, 2.45) is 0 Å². The average molecular weight is 284 g/mol. The molecule has 21 heavy (non-hydrogen) atoms. The molecule has 0 unspecified atom stereocenters. The van der Waals surface area contributed by atoms with Gasteiger partial charge in [0.1, 0.15) is 5.82 Å². The van der Waals surface area contributed by atoms with Crippen molar-refractivity contribution in [3.05, 3.63) is 71.0 Å². The first-order chi connectivity index (χ1) is 10.1. The lowest BCUT2D eigenvalue weighted by molar-refractivity contribution is -0.00596. The molecule has 3 rings (SSSR count). The molecule has 0 aliphatic heterocycles. The molecule has 1 aliphatic rings.